The summed E-state index contributed by atoms with van der Waals surface area (Å²) in [5.41, 5.74) is 5.70. The fourth-order valence-electron chi connectivity index (χ4n) is 1.50. The van der Waals surface area contributed by atoms with Gasteiger partial charge in [0, 0.05) is 5.56 Å². The van der Waals surface area contributed by atoms with Gasteiger partial charge in [0.1, 0.15) is 0 Å². The van der Waals surface area contributed by atoms with Gasteiger partial charge in [-0.15, -0.1) is 12.4 Å². The molecule has 0 saturated heterocycles. The molecule has 0 spiro atoms. The Morgan fingerprint density at radius 1 is 1.53 bits per heavy atom. The molecule has 0 aliphatic rings. The molecule has 1 unspecified atom stereocenters. The van der Waals surface area contributed by atoms with Gasteiger partial charge in [0.05, 0.1) is 19.8 Å². The van der Waals surface area contributed by atoms with E-state index in [9.17, 15) is 14.3 Å². The fourth-order valence-corrected chi connectivity index (χ4v) is 1.50. The van der Waals surface area contributed by atoms with E-state index in [2.05, 4.69) is 4.74 Å². The second kappa shape index (κ2) is 7.81. The number of carbonyl (C=O) groups excluding carboxylic acids is 1. The molecule has 19 heavy (non-hydrogen) atoms. The molecular weight excluding hydrogens is 277 g/mol. The van der Waals surface area contributed by atoms with E-state index < -0.39 is 18.2 Å². The van der Waals surface area contributed by atoms with Crippen LogP contribution in [0, 0.1) is 0 Å². The molecule has 1 rings (SSSR count). The van der Waals surface area contributed by atoms with Crippen molar-refractivity contribution >= 4 is 18.4 Å². The lowest BCUT2D eigenvalue weighted by atomic mass is 10.0. The number of phenols is 1. The predicted molar refractivity (Wildman–Crippen MR) is 70.4 cm³/mol. The number of hydrogen-bond acceptors (Lipinski definition) is 5. The average molecular weight is 294 g/mol. The second-order valence-corrected chi connectivity index (χ2v) is 3.58. The molecule has 7 heteroatoms. The van der Waals surface area contributed by atoms with Crippen LogP contribution in [0.5, 0.6) is 11.5 Å². The molecule has 0 radical (unpaired) electrons. The van der Waals surface area contributed by atoms with Crippen molar-refractivity contribution in [3.05, 3.63) is 23.8 Å². The fraction of sp³-hybridized carbons (Fsp3) is 0.417. The van der Waals surface area contributed by atoms with Crippen LogP contribution in [0.2, 0.25) is 0 Å². The molecule has 0 heterocycles. The third kappa shape index (κ3) is 3.97. The van der Waals surface area contributed by atoms with E-state index in [4.69, 9.17) is 10.5 Å². The molecule has 108 valence electrons. The second-order valence-electron chi connectivity index (χ2n) is 3.58. The van der Waals surface area contributed by atoms with Crippen LogP contribution in [0.25, 0.3) is 0 Å². The van der Waals surface area contributed by atoms with Crippen LogP contribution in [0.4, 0.5) is 4.39 Å². The van der Waals surface area contributed by atoms with E-state index in [1.165, 1.54) is 19.2 Å². The number of phenolic OH excluding ortho intramolecular Hbond substituents is 1. The van der Waals surface area contributed by atoms with Crippen molar-refractivity contribution in [1.29, 1.82) is 0 Å². The normalized spacial score (nSPS) is 13.1. The molecule has 0 amide bonds. The minimum Gasteiger partial charge on any atom is -0.504 e. The Kier molecular flexibility index (Phi) is 7.18. The average Bonchev–Trinajstić information content (AvgIpc) is 2.37. The molecule has 2 atom stereocenters. The summed E-state index contributed by atoms with van der Waals surface area (Å²) in [7, 11) is 1.36. The summed E-state index contributed by atoms with van der Waals surface area (Å²) in [5, 5.41) is 9.80. The van der Waals surface area contributed by atoms with Crippen molar-refractivity contribution in [2.75, 3.05) is 13.7 Å². The minimum absolute atomic E-state index is 0. The van der Waals surface area contributed by atoms with E-state index >= 15 is 0 Å². The van der Waals surface area contributed by atoms with Gasteiger partial charge in [-0.1, -0.05) is 12.1 Å². The number of alkyl halides is 1. The number of carbonyl (C=O) groups is 1. The van der Waals surface area contributed by atoms with Crippen molar-refractivity contribution in [3.63, 3.8) is 0 Å². The number of benzene rings is 1. The molecule has 3 N–H and O–H groups in total. The number of aromatic hydroxyl groups is 1. The Labute approximate surface area is 116 Å². The lowest BCUT2D eigenvalue weighted by molar-refractivity contribution is -0.149. The maximum Gasteiger partial charge on any atom is 0.342 e. The Morgan fingerprint density at radius 2 is 2.16 bits per heavy atom. The highest BCUT2D eigenvalue weighted by Gasteiger charge is 2.30. The van der Waals surface area contributed by atoms with Crippen LogP contribution in [0.1, 0.15) is 18.5 Å². The minimum atomic E-state index is -2.04. The number of methoxy groups -OCH3 is 1. The number of halogens is 2. The first-order valence-corrected chi connectivity index (χ1v) is 5.45. The monoisotopic (exact) mass is 293 g/mol. The van der Waals surface area contributed by atoms with E-state index in [1.807, 2.05) is 0 Å². The number of rotatable bonds is 5. The van der Waals surface area contributed by atoms with Crippen LogP contribution in [0.3, 0.4) is 0 Å². The summed E-state index contributed by atoms with van der Waals surface area (Å²) in [4.78, 5) is 11.2. The van der Waals surface area contributed by atoms with Gasteiger partial charge in [-0.05, 0) is 13.0 Å². The van der Waals surface area contributed by atoms with Crippen molar-refractivity contribution in [2.24, 2.45) is 5.73 Å². The zero-order valence-corrected chi connectivity index (χ0v) is 11.4. The molecule has 1 aromatic carbocycles. The van der Waals surface area contributed by atoms with Crippen LogP contribution in [-0.2, 0) is 9.53 Å². The summed E-state index contributed by atoms with van der Waals surface area (Å²) >= 11 is 0. The summed E-state index contributed by atoms with van der Waals surface area (Å²) < 4.78 is 23.1. The van der Waals surface area contributed by atoms with Gasteiger partial charge in [0.25, 0.3) is 0 Å². The van der Waals surface area contributed by atoms with Gasteiger partial charge in [0.15, 0.2) is 11.5 Å². The zero-order chi connectivity index (χ0) is 13.7. The summed E-state index contributed by atoms with van der Waals surface area (Å²) in [6, 6.07) is 3.17. The molecule has 0 fully saturated rings. The predicted octanol–water partition coefficient (Wildman–Crippen LogP) is 1.72. The van der Waals surface area contributed by atoms with Crippen molar-refractivity contribution < 1.29 is 23.8 Å². The van der Waals surface area contributed by atoms with Crippen molar-refractivity contribution in [3.8, 4) is 11.5 Å². The number of esters is 1. The third-order valence-corrected chi connectivity index (χ3v) is 2.44. The zero-order valence-electron chi connectivity index (χ0n) is 10.6. The SMILES string of the molecule is CCOC(=O)C(F)[C@@H](N)c1cccc(OC)c1O.Cl. The topological polar surface area (TPSA) is 81.8 Å². The molecule has 0 bridgehead atoms. The molecule has 0 aliphatic carbocycles. The van der Waals surface area contributed by atoms with Gasteiger partial charge in [-0.25, -0.2) is 9.18 Å². The standard InChI is InChI=1S/C12H16FNO4.ClH/c1-3-18-12(16)9(13)10(14)7-5-4-6-8(17-2)11(7)15;/h4-6,9-10,15H,3,14H2,1-2H3;1H/t9?,10-;/m0./s1. The van der Waals surface area contributed by atoms with Crippen molar-refractivity contribution in [2.45, 2.75) is 19.1 Å². The van der Waals surface area contributed by atoms with Crippen LogP contribution in [0.15, 0.2) is 18.2 Å². The lowest BCUT2D eigenvalue weighted by Crippen LogP contribution is -2.31. The molecule has 0 aromatic heterocycles. The summed E-state index contributed by atoms with van der Waals surface area (Å²) in [6.07, 6.45) is -2.04. The molecular formula is C12H17ClFNO4. The smallest absolute Gasteiger partial charge is 0.342 e. The van der Waals surface area contributed by atoms with E-state index in [-0.39, 0.29) is 36.1 Å². The van der Waals surface area contributed by atoms with Crippen LogP contribution in [-0.4, -0.2) is 31.0 Å². The summed E-state index contributed by atoms with van der Waals surface area (Å²) in [5.74, 6) is -1.16. The first kappa shape index (κ1) is 17.5. The highest BCUT2D eigenvalue weighted by molar-refractivity contribution is 5.85. The number of para-hydroxylation sites is 1. The number of ether oxygens (including phenoxy) is 2. The van der Waals surface area contributed by atoms with Crippen LogP contribution < -0.4 is 10.5 Å². The molecule has 0 aliphatic heterocycles. The highest BCUT2D eigenvalue weighted by Crippen LogP contribution is 2.34. The first-order chi connectivity index (χ1) is 8.52. The Balaban J connectivity index is 0.00000324. The molecule has 0 saturated carbocycles. The largest absolute Gasteiger partial charge is 0.504 e. The summed E-state index contributed by atoms with van der Waals surface area (Å²) in [6.45, 7) is 1.63. The van der Waals surface area contributed by atoms with Crippen LogP contribution >= 0.6 is 12.4 Å². The van der Waals surface area contributed by atoms with Gasteiger partial charge in [-0.2, -0.15) is 0 Å². The maximum atomic E-state index is 13.7. The third-order valence-electron chi connectivity index (χ3n) is 2.44. The van der Waals surface area contributed by atoms with Gasteiger partial charge >= 0.3 is 5.97 Å². The number of hydrogen-bond donors (Lipinski definition) is 2. The molecule has 5 nitrogen and oxygen atoms in total. The van der Waals surface area contributed by atoms with E-state index in [1.54, 1.807) is 13.0 Å². The van der Waals surface area contributed by atoms with Gasteiger partial charge in [0.2, 0.25) is 6.17 Å². The molecule has 1 aromatic rings. The number of nitrogens with two attached hydrogens (primary N) is 1. The first-order valence-electron chi connectivity index (χ1n) is 5.45. The highest BCUT2D eigenvalue weighted by atomic mass is 35.5. The van der Waals surface area contributed by atoms with E-state index in [0.717, 1.165) is 0 Å². The van der Waals surface area contributed by atoms with Crippen molar-refractivity contribution in [1.82, 2.24) is 0 Å². The Hall–Kier alpha value is -1.53. The quantitative estimate of drug-likeness (QED) is 0.808. The Morgan fingerprint density at radius 3 is 2.68 bits per heavy atom. The van der Waals surface area contributed by atoms with Gasteiger partial charge < -0.3 is 20.3 Å². The van der Waals surface area contributed by atoms with E-state index in [0.29, 0.717) is 0 Å². The maximum absolute atomic E-state index is 13.7. The Bertz CT molecular complexity index is 430. The van der Waals surface area contributed by atoms with Gasteiger partial charge in [-0.3, -0.25) is 0 Å². The lowest BCUT2D eigenvalue weighted by Gasteiger charge is -2.18.